The van der Waals surface area contributed by atoms with Crippen LogP contribution in [-0.2, 0) is 0 Å². The number of benzene rings is 3. The third kappa shape index (κ3) is 5.48. The second-order valence-corrected chi connectivity index (χ2v) is 8.03. The van der Waals surface area contributed by atoms with Gasteiger partial charge in [0.1, 0.15) is 11.5 Å². The maximum absolute atomic E-state index is 12.6. The van der Waals surface area contributed by atoms with Crippen molar-refractivity contribution in [1.29, 1.82) is 0 Å². The van der Waals surface area contributed by atoms with Crippen LogP contribution in [0.15, 0.2) is 90.3 Å². The molecule has 8 heteroatoms. The van der Waals surface area contributed by atoms with Crippen LogP contribution in [0.3, 0.4) is 0 Å². The lowest BCUT2D eigenvalue weighted by Gasteiger charge is -2.10. The molecular formula is C26H20N2O5S. The highest BCUT2D eigenvalue weighted by atomic mass is 32.1. The molecule has 0 saturated heterocycles. The highest BCUT2D eigenvalue weighted by molar-refractivity contribution is 7.12. The summed E-state index contributed by atoms with van der Waals surface area (Å²) in [5.74, 6) is -0.347. The van der Waals surface area contributed by atoms with E-state index in [0.717, 1.165) is 0 Å². The number of para-hydroxylation sites is 1. The van der Waals surface area contributed by atoms with Gasteiger partial charge in [-0.3, -0.25) is 9.59 Å². The number of thiophene rings is 1. The zero-order valence-corrected chi connectivity index (χ0v) is 18.9. The van der Waals surface area contributed by atoms with E-state index in [2.05, 4.69) is 10.6 Å². The number of amides is 2. The normalized spacial score (nSPS) is 10.3. The average Bonchev–Trinajstić information content (AvgIpc) is 3.41. The van der Waals surface area contributed by atoms with Crippen molar-refractivity contribution in [1.82, 2.24) is 0 Å². The van der Waals surface area contributed by atoms with E-state index in [0.29, 0.717) is 33.3 Å². The standard InChI is InChI=1S/C26H20N2O5S/c1-32-22-9-3-2-8-21(22)24(29)27-18-11-13-20(14-12-18)33-26(31)17-6-4-7-19(16-17)28-25(30)23-10-5-15-34-23/h2-16H,1H3,(H,27,29)(H,28,30). The number of anilines is 2. The molecule has 3 aromatic carbocycles. The number of carbonyl (C=O) groups is 3. The maximum atomic E-state index is 12.6. The zero-order chi connectivity index (χ0) is 23.9. The second kappa shape index (κ2) is 10.5. The molecule has 0 saturated carbocycles. The van der Waals surface area contributed by atoms with E-state index < -0.39 is 5.97 Å². The number of rotatable bonds is 7. The third-order valence-electron chi connectivity index (χ3n) is 4.78. The molecule has 0 atom stereocenters. The quantitative estimate of drug-likeness (QED) is 0.274. The van der Waals surface area contributed by atoms with E-state index >= 15 is 0 Å². The summed E-state index contributed by atoms with van der Waals surface area (Å²) >= 11 is 1.33. The predicted molar refractivity (Wildman–Crippen MR) is 131 cm³/mol. The molecule has 4 rings (SSSR count). The summed E-state index contributed by atoms with van der Waals surface area (Å²) < 4.78 is 10.6. The number of nitrogens with one attached hydrogen (secondary N) is 2. The van der Waals surface area contributed by atoms with Gasteiger partial charge in [0.2, 0.25) is 0 Å². The molecule has 0 aliphatic carbocycles. The van der Waals surface area contributed by atoms with Gasteiger partial charge >= 0.3 is 5.97 Å². The van der Waals surface area contributed by atoms with E-state index in [1.165, 1.54) is 18.4 Å². The SMILES string of the molecule is COc1ccccc1C(=O)Nc1ccc(OC(=O)c2cccc(NC(=O)c3cccs3)c2)cc1. The zero-order valence-electron chi connectivity index (χ0n) is 18.1. The average molecular weight is 473 g/mol. The lowest BCUT2D eigenvalue weighted by atomic mass is 10.2. The molecular weight excluding hydrogens is 452 g/mol. The van der Waals surface area contributed by atoms with Gasteiger partial charge < -0.3 is 20.1 Å². The fourth-order valence-corrected chi connectivity index (χ4v) is 3.75. The number of ether oxygens (including phenoxy) is 2. The van der Waals surface area contributed by atoms with Crippen molar-refractivity contribution in [2.75, 3.05) is 17.7 Å². The Morgan fingerprint density at radius 2 is 1.53 bits per heavy atom. The molecule has 0 bridgehead atoms. The smallest absolute Gasteiger partial charge is 0.343 e. The lowest BCUT2D eigenvalue weighted by Crippen LogP contribution is -2.13. The van der Waals surface area contributed by atoms with Crippen LogP contribution >= 0.6 is 11.3 Å². The fraction of sp³-hybridized carbons (Fsp3) is 0.0385. The van der Waals surface area contributed by atoms with Gasteiger partial charge in [0.15, 0.2) is 0 Å². The van der Waals surface area contributed by atoms with Crippen LogP contribution in [0.1, 0.15) is 30.4 Å². The molecule has 0 spiro atoms. The molecule has 2 N–H and O–H groups in total. The molecule has 170 valence electrons. The molecule has 0 radical (unpaired) electrons. The van der Waals surface area contributed by atoms with Crippen LogP contribution in [0.5, 0.6) is 11.5 Å². The number of esters is 1. The second-order valence-electron chi connectivity index (χ2n) is 7.08. The van der Waals surface area contributed by atoms with Gasteiger partial charge in [0.25, 0.3) is 11.8 Å². The Morgan fingerprint density at radius 3 is 2.26 bits per heavy atom. The number of methoxy groups -OCH3 is 1. The van der Waals surface area contributed by atoms with Crippen LogP contribution < -0.4 is 20.1 Å². The Labute approximate surface area is 200 Å². The first-order valence-electron chi connectivity index (χ1n) is 10.2. The third-order valence-corrected chi connectivity index (χ3v) is 5.64. The summed E-state index contributed by atoms with van der Waals surface area (Å²) in [6.45, 7) is 0. The molecule has 34 heavy (non-hydrogen) atoms. The predicted octanol–water partition coefficient (Wildman–Crippen LogP) is 5.48. The van der Waals surface area contributed by atoms with E-state index in [-0.39, 0.29) is 17.4 Å². The van der Waals surface area contributed by atoms with Gasteiger partial charge in [0.05, 0.1) is 23.1 Å². The molecule has 0 fully saturated rings. The van der Waals surface area contributed by atoms with Crippen LogP contribution in [-0.4, -0.2) is 24.9 Å². The highest BCUT2D eigenvalue weighted by Gasteiger charge is 2.14. The highest BCUT2D eigenvalue weighted by Crippen LogP contribution is 2.22. The van der Waals surface area contributed by atoms with Crippen molar-refractivity contribution < 1.29 is 23.9 Å². The summed E-state index contributed by atoms with van der Waals surface area (Å²) in [5.41, 5.74) is 1.72. The minimum Gasteiger partial charge on any atom is -0.496 e. The van der Waals surface area contributed by atoms with Crippen LogP contribution in [0.2, 0.25) is 0 Å². The fourth-order valence-electron chi connectivity index (χ4n) is 3.13. The maximum Gasteiger partial charge on any atom is 0.343 e. The molecule has 7 nitrogen and oxygen atoms in total. The Morgan fingerprint density at radius 1 is 0.765 bits per heavy atom. The van der Waals surface area contributed by atoms with Gasteiger partial charge in [-0.25, -0.2) is 4.79 Å². The minimum absolute atomic E-state index is 0.244. The summed E-state index contributed by atoms with van der Waals surface area (Å²) in [4.78, 5) is 37.9. The first-order valence-corrected chi connectivity index (χ1v) is 11.1. The first kappa shape index (κ1) is 22.8. The van der Waals surface area contributed by atoms with E-state index in [1.54, 1.807) is 84.9 Å². The van der Waals surface area contributed by atoms with Crippen LogP contribution in [0.25, 0.3) is 0 Å². The molecule has 4 aromatic rings. The van der Waals surface area contributed by atoms with Gasteiger partial charge in [-0.1, -0.05) is 24.3 Å². The largest absolute Gasteiger partial charge is 0.496 e. The molecule has 1 aromatic heterocycles. The monoisotopic (exact) mass is 472 g/mol. The minimum atomic E-state index is -0.571. The summed E-state index contributed by atoms with van der Waals surface area (Å²) in [7, 11) is 1.50. The molecule has 0 unspecified atom stereocenters. The van der Waals surface area contributed by atoms with Gasteiger partial charge in [-0.2, -0.15) is 0 Å². The number of hydrogen-bond donors (Lipinski definition) is 2. The summed E-state index contributed by atoms with van der Waals surface area (Å²) in [6, 6.07) is 23.4. The van der Waals surface area contributed by atoms with Crippen molar-refractivity contribution in [3.63, 3.8) is 0 Å². The van der Waals surface area contributed by atoms with Crippen molar-refractivity contribution in [3.8, 4) is 11.5 Å². The van der Waals surface area contributed by atoms with E-state index in [1.807, 2.05) is 5.38 Å². The Kier molecular flexibility index (Phi) is 7.00. The molecule has 0 aliphatic heterocycles. The molecule has 2 amide bonds. The van der Waals surface area contributed by atoms with Crippen LogP contribution in [0.4, 0.5) is 11.4 Å². The summed E-state index contributed by atoms with van der Waals surface area (Å²) in [6.07, 6.45) is 0. The van der Waals surface area contributed by atoms with Crippen molar-refractivity contribution in [2.24, 2.45) is 0 Å². The lowest BCUT2D eigenvalue weighted by molar-refractivity contribution is 0.0734. The van der Waals surface area contributed by atoms with Crippen molar-refractivity contribution >= 4 is 40.5 Å². The summed E-state index contributed by atoms with van der Waals surface area (Å²) in [5, 5.41) is 7.37. The van der Waals surface area contributed by atoms with Gasteiger partial charge in [-0.05, 0) is 66.0 Å². The Bertz CT molecular complexity index is 1320. The van der Waals surface area contributed by atoms with E-state index in [4.69, 9.17) is 9.47 Å². The van der Waals surface area contributed by atoms with Gasteiger partial charge in [0, 0.05) is 11.4 Å². The molecule has 1 heterocycles. The number of carbonyl (C=O) groups excluding carboxylic acids is 3. The van der Waals surface area contributed by atoms with Gasteiger partial charge in [-0.15, -0.1) is 11.3 Å². The van der Waals surface area contributed by atoms with Crippen LogP contribution in [0, 0.1) is 0 Å². The van der Waals surface area contributed by atoms with E-state index in [9.17, 15) is 14.4 Å². The molecule has 0 aliphatic rings. The topological polar surface area (TPSA) is 93.7 Å². The Hall–Kier alpha value is -4.43. The number of hydrogen-bond acceptors (Lipinski definition) is 6. The van der Waals surface area contributed by atoms with Crippen molar-refractivity contribution in [3.05, 3.63) is 106 Å². The van der Waals surface area contributed by atoms with Crippen molar-refractivity contribution in [2.45, 2.75) is 0 Å². The Balaban J connectivity index is 1.38. The first-order chi connectivity index (χ1) is 16.5.